The monoisotopic (exact) mass is 537 g/mol. The van der Waals surface area contributed by atoms with Crippen LogP contribution in [0.15, 0.2) is 59.6 Å². The Morgan fingerprint density at radius 3 is 2.61 bits per heavy atom. The number of rotatable bonds is 8. The van der Waals surface area contributed by atoms with Gasteiger partial charge in [0.1, 0.15) is 5.75 Å². The van der Waals surface area contributed by atoms with Crippen molar-refractivity contribution in [1.82, 2.24) is 16.0 Å². The molecular weight excluding hydrogens is 505 g/mol. The average Bonchev–Trinajstić information content (AvgIpc) is 3.25. The first-order valence-electron chi connectivity index (χ1n) is 10.4. The molecule has 3 N–H and O–H groups in total. The van der Waals surface area contributed by atoms with Crippen molar-refractivity contribution in [1.29, 1.82) is 0 Å². The average molecular weight is 537 g/mol. The topological polar surface area (TPSA) is 78.0 Å². The summed E-state index contributed by atoms with van der Waals surface area (Å²) in [6.07, 6.45) is 1.81. The molecule has 2 aromatic rings. The summed E-state index contributed by atoms with van der Waals surface area (Å²) in [5, 5.41) is 9.46. The number of hydrogen-bond donors (Lipinski definition) is 3. The van der Waals surface area contributed by atoms with E-state index in [0.717, 1.165) is 37.4 Å². The summed E-state index contributed by atoms with van der Waals surface area (Å²) in [6, 6.07) is 18.4. The molecule has 31 heavy (non-hydrogen) atoms. The van der Waals surface area contributed by atoms with Gasteiger partial charge in [-0.05, 0) is 30.5 Å². The first kappa shape index (κ1) is 24.8. The summed E-state index contributed by atoms with van der Waals surface area (Å²) in [7, 11) is 3.41. The van der Waals surface area contributed by atoms with Gasteiger partial charge in [0.05, 0.1) is 19.3 Å². The molecule has 7 nitrogen and oxygen atoms in total. The van der Waals surface area contributed by atoms with Crippen molar-refractivity contribution < 1.29 is 9.53 Å². The van der Waals surface area contributed by atoms with Gasteiger partial charge >= 0.3 is 0 Å². The molecule has 0 aromatic heterocycles. The summed E-state index contributed by atoms with van der Waals surface area (Å²) in [4.78, 5) is 18.7. The molecule has 0 aliphatic carbocycles. The maximum atomic E-state index is 12.1. The highest BCUT2D eigenvalue weighted by atomic mass is 127. The Bertz CT molecular complexity index is 847. The molecule has 1 fully saturated rings. The molecule has 1 saturated heterocycles. The first-order valence-corrected chi connectivity index (χ1v) is 10.4. The molecular formula is C23H32IN5O2. The van der Waals surface area contributed by atoms with Crippen LogP contribution < -0.4 is 25.6 Å². The van der Waals surface area contributed by atoms with Crippen LogP contribution in [-0.2, 0) is 11.2 Å². The van der Waals surface area contributed by atoms with E-state index in [2.05, 4.69) is 44.0 Å². The minimum Gasteiger partial charge on any atom is -0.495 e. The van der Waals surface area contributed by atoms with Gasteiger partial charge in [0.2, 0.25) is 5.91 Å². The maximum absolute atomic E-state index is 12.1. The van der Waals surface area contributed by atoms with E-state index in [4.69, 9.17) is 4.74 Å². The van der Waals surface area contributed by atoms with E-state index in [-0.39, 0.29) is 42.5 Å². The zero-order chi connectivity index (χ0) is 21.2. The fourth-order valence-electron chi connectivity index (χ4n) is 3.59. The van der Waals surface area contributed by atoms with E-state index < -0.39 is 0 Å². The molecule has 2 aromatic carbocycles. The minimum atomic E-state index is -0.0454. The van der Waals surface area contributed by atoms with Gasteiger partial charge in [-0.25, -0.2) is 0 Å². The highest BCUT2D eigenvalue weighted by Crippen LogP contribution is 2.30. The van der Waals surface area contributed by atoms with E-state index in [9.17, 15) is 4.79 Å². The Morgan fingerprint density at radius 1 is 1.13 bits per heavy atom. The van der Waals surface area contributed by atoms with Crippen LogP contribution in [0.5, 0.6) is 5.75 Å². The standard InChI is InChI=1S/C23H31N5O2.HI/c1-24-23(26-16-22(29)25-14-12-18-8-4-3-5-9-18)27-19-13-15-28(17-19)20-10-6-7-11-21(20)30-2;/h3-11,19H,12-17H2,1-2H3,(H,25,29)(H2,24,26,27);1H. The molecule has 1 aliphatic heterocycles. The number of carbonyl (C=O) groups excluding carboxylic acids is 1. The lowest BCUT2D eigenvalue weighted by Gasteiger charge is -2.22. The molecule has 1 heterocycles. The number of guanidine groups is 1. The Morgan fingerprint density at radius 2 is 1.87 bits per heavy atom. The molecule has 1 aliphatic rings. The van der Waals surface area contributed by atoms with E-state index in [1.165, 1.54) is 5.56 Å². The Labute approximate surface area is 201 Å². The van der Waals surface area contributed by atoms with Crippen molar-refractivity contribution in [2.24, 2.45) is 4.99 Å². The third kappa shape index (κ3) is 7.61. The Kier molecular flexibility index (Phi) is 10.4. The Balaban J connectivity index is 0.00000341. The predicted molar refractivity (Wildman–Crippen MR) is 137 cm³/mol. The number of para-hydroxylation sites is 2. The molecule has 0 saturated carbocycles. The van der Waals surface area contributed by atoms with Crippen molar-refractivity contribution in [3.63, 3.8) is 0 Å². The fourth-order valence-corrected chi connectivity index (χ4v) is 3.59. The van der Waals surface area contributed by atoms with Crippen LogP contribution in [0.3, 0.4) is 0 Å². The quantitative estimate of drug-likeness (QED) is 0.274. The summed E-state index contributed by atoms with van der Waals surface area (Å²) >= 11 is 0. The third-order valence-corrected chi connectivity index (χ3v) is 5.17. The number of aliphatic imine (C=N–C) groups is 1. The summed E-state index contributed by atoms with van der Waals surface area (Å²) in [6.45, 7) is 2.60. The molecule has 0 bridgehead atoms. The highest BCUT2D eigenvalue weighted by molar-refractivity contribution is 14.0. The number of ether oxygens (including phenoxy) is 1. The number of halogens is 1. The van der Waals surface area contributed by atoms with Gasteiger partial charge in [-0.3, -0.25) is 9.79 Å². The molecule has 168 valence electrons. The summed E-state index contributed by atoms with van der Waals surface area (Å²) < 4.78 is 5.48. The number of nitrogens with one attached hydrogen (secondary N) is 3. The molecule has 1 amide bonds. The lowest BCUT2D eigenvalue weighted by atomic mass is 10.1. The van der Waals surface area contributed by atoms with Gasteiger partial charge in [-0.15, -0.1) is 24.0 Å². The van der Waals surface area contributed by atoms with Crippen molar-refractivity contribution in [2.75, 3.05) is 45.2 Å². The second-order valence-electron chi connectivity index (χ2n) is 7.26. The number of nitrogens with zero attached hydrogens (tertiary/aromatic N) is 2. The molecule has 0 radical (unpaired) electrons. The zero-order valence-electron chi connectivity index (χ0n) is 18.1. The summed E-state index contributed by atoms with van der Waals surface area (Å²) in [5.74, 6) is 1.48. The fraction of sp³-hybridized carbons (Fsp3) is 0.391. The number of benzene rings is 2. The van der Waals surface area contributed by atoms with Gasteiger partial charge in [-0.1, -0.05) is 42.5 Å². The molecule has 1 unspecified atom stereocenters. The SMILES string of the molecule is CN=C(NCC(=O)NCCc1ccccc1)NC1CCN(c2ccccc2OC)C1.I. The van der Waals surface area contributed by atoms with Gasteiger partial charge in [-0.2, -0.15) is 0 Å². The van der Waals surface area contributed by atoms with E-state index in [1.54, 1.807) is 14.2 Å². The van der Waals surface area contributed by atoms with E-state index >= 15 is 0 Å². The first-order chi connectivity index (χ1) is 14.7. The number of hydrogen-bond acceptors (Lipinski definition) is 4. The second-order valence-corrected chi connectivity index (χ2v) is 7.26. The zero-order valence-corrected chi connectivity index (χ0v) is 20.5. The van der Waals surface area contributed by atoms with E-state index in [0.29, 0.717) is 12.5 Å². The second kappa shape index (κ2) is 13.0. The van der Waals surface area contributed by atoms with Gasteiger partial charge < -0.3 is 25.6 Å². The molecule has 3 rings (SSSR count). The Hall–Kier alpha value is -2.49. The van der Waals surface area contributed by atoms with Crippen LogP contribution in [-0.4, -0.2) is 58.2 Å². The third-order valence-electron chi connectivity index (χ3n) is 5.17. The minimum absolute atomic E-state index is 0. The molecule has 0 spiro atoms. The van der Waals surface area contributed by atoms with Crippen molar-refractivity contribution >= 4 is 41.5 Å². The van der Waals surface area contributed by atoms with Crippen LogP contribution in [0.25, 0.3) is 0 Å². The molecule has 1 atom stereocenters. The van der Waals surface area contributed by atoms with Crippen LogP contribution in [0.1, 0.15) is 12.0 Å². The van der Waals surface area contributed by atoms with Gasteiger partial charge in [0.15, 0.2) is 5.96 Å². The predicted octanol–water partition coefficient (Wildman–Crippen LogP) is 2.42. The molecule has 8 heteroatoms. The smallest absolute Gasteiger partial charge is 0.239 e. The number of amides is 1. The normalized spacial score (nSPS) is 15.7. The summed E-state index contributed by atoms with van der Waals surface area (Å²) in [5.41, 5.74) is 2.31. The number of carbonyl (C=O) groups is 1. The lowest BCUT2D eigenvalue weighted by Crippen LogP contribution is -2.47. The van der Waals surface area contributed by atoms with Crippen LogP contribution in [0.4, 0.5) is 5.69 Å². The van der Waals surface area contributed by atoms with Gasteiger partial charge in [0, 0.05) is 32.7 Å². The van der Waals surface area contributed by atoms with Crippen LogP contribution in [0.2, 0.25) is 0 Å². The van der Waals surface area contributed by atoms with Crippen LogP contribution >= 0.6 is 24.0 Å². The van der Waals surface area contributed by atoms with Crippen molar-refractivity contribution in [3.05, 3.63) is 60.2 Å². The van der Waals surface area contributed by atoms with E-state index in [1.807, 2.05) is 36.4 Å². The van der Waals surface area contributed by atoms with Crippen LogP contribution in [0, 0.1) is 0 Å². The largest absolute Gasteiger partial charge is 0.495 e. The number of anilines is 1. The van der Waals surface area contributed by atoms with Crippen molar-refractivity contribution in [3.8, 4) is 5.75 Å². The van der Waals surface area contributed by atoms with Gasteiger partial charge in [0.25, 0.3) is 0 Å². The number of methoxy groups -OCH3 is 1. The van der Waals surface area contributed by atoms with Crippen molar-refractivity contribution in [2.45, 2.75) is 18.9 Å². The highest BCUT2D eigenvalue weighted by Gasteiger charge is 2.25. The lowest BCUT2D eigenvalue weighted by molar-refractivity contribution is -0.119. The maximum Gasteiger partial charge on any atom is 0.239 e.